The molecule has 0 spiro atoms. The molecular formula is C24H37N3O6S. The summed E-state index contributed by atoms with van der Waals surface area (Å²) < 4.78 is 39.7. The monoisotopic (exact) mass is 495 g/mol. The lowest BCUT2D eigenvalue weighted by Crippen LogP contribution is -2.53. The summed E-state index contributed by atoms with van der Waals surface area (Å²) >= 11 is 0. The summed E-state index contributed by atoms with van der Waals surface area (Å²) in [6, 6.07) is 3.83. The normalized spacial score (nSPS) is 23.1. The molecule has 0 unspecified atom stereocenters. The van der Waals surface area contributed by atoms with Crippen molar-refractivity contribution in [3.8, 4) is 0 Å². The molecule has 34 heavy (non-hydrogen) atoms. The molecule has 1 aromatic heterocycles. The van der Waals surface area contributed by atoms with Gasteiger partial charge in [0, 0.05) is 19.6 Å². The van der Waals surface area contributed by atoms with Crippen LogP contribution in [0.3, 0.4) is 0 Å². The Morgan fingerprint density at radius 1 is 1.24 bits per heavy atom. The van der Waals surface area contributed by atoms with E-state index < -0.39 is 21.3 Å². The number of ether oxygens (including phenoxy) is 2. The molecule has 1 atom stereocenters. The molecule has 0 bridgehead atoms. The van der Waals surface area contributed by atoms with Gasteiger partial charge in [-0.15, -0.1) is 0 Å². The number of carbonyl (C=O) groups excluding carboxylic acids is 1. The topological polar surface area (TPSA) is 98.3 Å². The number of aromatic nitrogens is 1. The summed E-state index contributed by atoms with van der Waals surface area (Å²) in [4.78, 5) is 21.8. The zero-order valence-electron chi connectivity index (χ0n) is 20.7. The molecule has 1 saturated carbocycles. The fourth-order valence-electron chi connectivity index (χ4n) is 4.75. The number of amides is 1. The second-order valence-corrected chi connectivity index (χ2v) is 12.4. The van der Waals surface area contributed by atoms with Crippen molar-refractivity contribution in [1.82, 2.24) is 9.88 Å². The first kappa shape index (κ1) is 25.2. The summed E-state index contributed by atoms with van der Waals surface area (Å²) in [6.45, 7) is 8.35. The van der Waals surface area contributed by atoms with E-state index in [1.807, 2.05) is 37.8 Å². The van der Waals surface area contributed by atoms with Crippen molar-refractivity contribution in [2.45, 2.75) is 70.1 Å². The Morgan fingerprint density at radius 3 is 2.47 bits per heavy atom. The van der Waals surface area contributed by atoms with Gasteiger partial charge in [0.1, 0.15) is 5.60 Å². The van der Waals surface area contributed by atoms with Crippen LogP contribution in [0.1, 0.15) is 58.6 Å². The lowest BCUT2D eigenvalue weighted by Gasteiger charge is -2.43. The minimum atomic E-state index is -3.65. The van der Waals surface area contributed by atoms with Gasteiger partial charge in [0.25, 0.3) is 10.1 Å². The standard InChI is InChI=1S/C24H37N3O6S/c1-23(2,3)32-22(28)27(14-18-7-5-8-18)20-9-6-12-26(15-20)19-10-11-21(25-13-19)24(16-31-17-24)33-34(4,29)30/h10-11,13,18,20H,5-9,12,14-17H2,1-4H3/t20-/m1/s1. The lowest BCUT2D eigenvalue weighted by atomic mass is 9.84. The molecule has 1 aliphatic carbocycles. The van der Waals surface area contributed by atoms with Gasteiger partial charge in [0.15, 0.2) is 5.60 Å². The van der Waals surface area contributed by atoms with Gasteiger partial charge >= 0.3 is 6.09 Å². The van der Waals surface area contributed by atoms with Crippen LogP contribution >= 0.6 is 0 Å². The van der Waals surface area contributed by atoms with Crippen molar-refractivity contribution in [3.05, 3.63) is 24.0 Å². The molecule has 0 radical (unpaired) electrons. The van der Waals surface area contributed by atoms with Crippen molar-refractivity contribution in [1.29, 1.82) is 0 Å². The maximum absolute atomic E-state index is 13.1. The summed E-state index contributed by atoms with van der Waals surface area (Å²) in [5, 5.41) is 0. The molecule has 0 N–H and O–H groups in total. The Balaban J connectivity index is 1.47. The van der Waals surface area contributed by atoms with E-state index in [4.69, 9.17) is 13.7 Å². The van der Waals surface area contributed by atoms with Crippen LogP contribution in [-0.4, -0.2) is 75.1 Å². The second-order valence-electron chi connectivity index (χ2n) is 10.8. The van der Waals surface area contributed by atoms with Crippen molar-refractivity contribution < 1.29 is 26.9 Å². The van der Waals surface area contributed by atoms with Crippen molar-refractivity contribution in [3.63, 3.8) is 0 Å². The van der Waals surface area contributed by atoms with Gasteiger partial charge in [-0.05, 0) is 64.5 Å². The smallest absolute Gasteiger partial charge is 0.410 e. The molecule has 3 aliphatic rings. The molecule has 9 nitrogen and oxygen atoms in total. The average Bonchev–Trinajstić information content (AvgIpc) is 2.68. The van der Waals surface area contributed by atoms with E-state index in [9.17, 15) is 13.2 Å². The fourth-order valence-corrected chi connectivity index (χ4v) is 5.51. The number of hydrogen-bond donors (Lipinski definition) is 0. The van der Waals surface area contributed by atoms with Crippen LogP contribution in [0, 0.1) is 5.92 Å². The van der Waals surface area contributed by atoms with E-state index >= 15 is 0 Å². The van der Waals surface area contributed by atoms with Gasteiger partial charge in [0.05, 0.1) is 43.1 Å². The maximum atomic E-state index is 13.1. The largest absolute Gasteiger partial charge is 0.444 e. The third kappa shape index (κ3) is 6.01. The van der Waals surface area contributed by atoms with Gasteiger partial charge in [0.2, 0.25) is 0 Å². The molecule has 2 saturated heterocycles. The van der Waals surface area contributed by atoms with Crippen LogP contribution in [-0.2, 0) is 29.4 Å². The molecular weight excluding hydrogens is 458 g/mol. The number of anilines is 1. The minimum absolute atomic E-state index is 0.0730. The van der Waals surface area contributed by atoms with Crippen molar-refractivity contribution in [2.24, 2.45) is 5.92 Å². The average molecular weight is 496 g/mol. The second kappa shape index (κ2) is 9.62. The maximum Gasteiger partial charge on any atom is 0.410 e. The predicted octanol–water partition coefficient (Wildman–Crippen LogP) is 3.29. The highest BCUT2D eigenvalue weighted by Crippen LogP contribution is 2.35. The number of rotatable bonds is 7. The van der Waals surface area contributed by atoms with Crippen LogP contribution in [0.25, 0.3) is 0 Å². The molecule has 4 rings (SSSR count). The van der Waals surface area contributed by atoms with Crippen molar-refractivity contribution in [2.75, 3.05) is 44.0 Å². The van der Waals surface area contributed by atoms with Gasteiger partial charge in [-0.1, -0.05) is 6.42 Å². The van der Waals surface area contributed by atoms with Crippen LogP contribution in [0.5, 0.6) is 0 Å². The Bertz CT molecular complexity index is 967. The zero-order valence-corrected chi connectivity index (χ0v) is 21.5. The fraction of sp³-hybridized carbons (Fsp3) is 0.750. The van der Waals surface area contributed by atoms with Crippen LogP contribution in [0.15, 0.2) is 18.3 Å². The summed E-state index contributed by atoms with van der Waals surface area (Å²) in [6.07, 6.45) is 8.04. The van der Waals surface area contributed by atoms with E-state index in [0.717, 1.165) is 37.9 Å². The Hall–Kier alpha value is -1.91. The number of nitrogens with zero attached hydrogens (tertiary/aromatic N) is 3. The summed E-state index contributed by atoms with van der Waals surface area (Å²) in [7, 11) is -3.65. The minimum Gasteiger partial charge on any atom is -0.444 e. The van der Waals surface area contributed by atoms with E-state index in [1.165, 1.54) is 19.3 Å². The highest BCUT2D eigenvalue weighted by atomic mass is 32.2. The van der Waals surface area contributed by atoms with E-state index in [1.54, 1.807) is 6.20 Å². The molecule has 3 fully saturated rings. The molecule has 10 heteroatoms. The van der Waals surface area contributed by atoms with Gasteiger partial charge in [-0.25, -0.2) is 4.79 Å². The van der Waals surface area contributed by atoms with Gasteiger partial charge in [-0.3, -0.25) is 9.17 Å². The molecule has 1 amide bonds. The first-order valence-corrected chi connectivity index (χ1v) is 14.0. The van der Waals surface area contributed by atoms with Crippen LogP contribution < -0.4 is 4.90 Å². The highest BCUT2D eigenvalue weighted by molar-refractivity contribution is 7.86. The van der Waals surface area contributed by atoms with Crippen molar-refractivity contribution >= 4 is 21.9 Å². The number of carbonyl (C=O) groups is 1. The zero-order chi connectivity index (χ0) is 24.6. The molecule has 3 heterocycles. The molecule has 0 aromatic carbocycles. The predicted molar refractivity (Wildman–Crippen MR) is 128 cm³/mol. The Labute approximate surface area is 202 Å². The number of piperidine rings is 1. The van der Waals surface area contributed by atoms with Crippen LogP contribution in [0.4, 0.5) is 10.5 Å². The number of hydrogen-bond acceptors (Lipinski definition) is 8. The third-order valence-electron chi connectivity index (χ3n) is 6.71. The summed E-state index contributed by atoms with van der Waals surface area (Å²) in [5.74, 6) is 0.555. The highest BCUT2D eigenvalue weighted by Gasteiger charge is 2.46. The Morgan fingerprint density at radius 2 is 1.97 bits per heavy atom. The molecule has 2 aliphatic heterocycles. The van der Waals surface area contributed by atoms with Crippen LogP contribution in [0.2, 0.25) is 0 Å². The molecule has 190 valence electrons. The SMILES string of the molecule is CC(C)(C)OC(=O)N(CC1CCC1)[C@@H]1CCCN(c2ccc(C3(OS(C)(=O)=O)COC3)nc2)C1. The van der Waals surface area contributed by atoms with E-state index in [2.05, 4.69) is 9.88 Å². The quantitative estimate of drug-likeness (QED) is 0.532. The molecule has 1 aromatic rings. The third-order valence-corrected chi connectivity index (χ3v) is 7.33. The first-order valence-electron chi connectivity index (χ1n) is 12.1. The van der Waals surface area contributed by atoms with E-state index in [-0.39, 0.29) is 25.3 Å². The summed E-state index contributed by atoms with van der Waals surface area (Å²) in [5.41, 5.74) is -0.0942. The lowest BCUT2D eigenvalue weighted by molar-refractivity contribution is -0.167. The van der Waals surface area contributed by atoms with Gasteiger partial charge in [-0.2, -0.15) is 8.42 Å². The van der Waals surface area contributed by atoms with Gasteiger partial charge < -0.3 is 19.3 Å². The number of pyridine rings is 1. The Kier molecular flexibility index (Phi) is 7.13. The first-order chi connectivity index (χ1) is 15.9. The van der Waals surface area contributed by atoms with E-state index in [0.29, 0.717) is 18.2 Å².